The molecule has 1 aliphatic carbocycles. The minimum absolute atomic E-state index is 0.0950. The lowest BCUT2D eigenvalue weighted by Gasteiger charge is -2.21. The summed E-state index contributed by atoms with van der Waals surface area (Å²) in [6, 6.07) is 4.14. The van der Waals surface area contributed by atoms with Crippen molar-refractivity contribution >= 4 is 21.9 Å². The predicted octanol–water partition coefficient (Wildman–Crippen LogP) is 2.68. The summed E-state index contributed by atoms with van der Waals surface area (Å²) in [5.74, 6) is 0.869. The fourth-order valence-electron chi connectivity index (χ4n) is 2.75. The molecule has 1 aliphatic heterocycles. The highest BCUT2D eigenvalue weighted by atomic mass is 79.9. The SMILES string of the molecule is O=C(O)CN(Cc1cc(Br)cc2c1OCC2)CC1CC1. The Morgan fingerprint density at radius 2 is 2.25 bits per heavy atom. The molecule has 0 spiro atoms. The maximum absolute atomic E-state index is 11.0. The maximum atomic E-state index is 11.0. The van der Waals surface area contributed by atoms with Gasteiger partial charge < -0.3 is 9.84 Å². The zero-order chi connectivity index (χ0) is 14.1. The molecule has 2 aliphatic rings. The van der Waals surface area contributed by atoms with E-state index >= 15 is 0 Å². The lowest BCUT2D eigenvalue weighted by molar-refractivity contribution is -0.138. The number of hydrogen-bond acceptors (Lipinski definition) is 3. The van der Waals surface area contributed by atoms with Gasteiger partial charge in [-0.1, -0.05) is 15.9 Å². The molecule has 1 saturated carbocycles. The lowest BCUT2D eigenvalue weighted by Crippen LogP contribution is -2.31. The van der Waals surface area contributed by atoms with Gasteiger partial charge in [0, 0.05) is 29.5 Å². The van der Waals surface area contributed by atoms with E-state index in [9.17, 15) is 4.79 Å². The van der Waals surface area contributed by atoms with Crippen LogP contribution in [-0.2, 0) is 17.8 Å². The van der Waals surface area contributed by atoms with Crippen molar-refractivity contribution in [3.8, 4) is 5.75 Å². The van der Waals surface area contributed by atoms with E-state index in [1.807, 2.05) is 11.0 Å². The van der Waals surface area contributed by atoms with Crippen LogP contribution in [-0.4, -0.2) is 35.7 Å². The van der Waals surface area contributed by atoms with Gasteiger partial charge in [0.15, 0.2) is 0 Å². The summed E-state index contributed by atoms with van der Waals surface area (Å²) in [4.78, 5) is 13.0. The number of carboxylic acids is 1. The standard InChI is InChI=1S/C15H18BrNO3/c16-13-5-11-3-4-20-15(11)12(6-13)8-17(9-14(18)19)7-10-1-2-10/h5-6,10H,1-4,7-9H2,(H,18,19). The van der Waals surface area contributed by atoms with Crippen molar-refractivity contribution in [3.05, 3.63) is 27.7 Å². The van der Waals surface area contributed by atoms with Crippen LogP contribution in [0.25, 0.3) is 0 Å². The number of carboxylic acid groups (broad SMARTS) is 1. The molecule has 108 valence electrons. The van der Waals surface area contributed by atoms with Gasteiger partial charge in [0.2, 0.25) is 0 Å². The summed E-state index contributed by atoms with van der Waals surface area (Å²) < 4.78 is 6.76. The van der Waals surface area contributed by atoms with E-state index in [4.69, 9.17) is 9.84 Å². The van der Waals surface area contributed by atoms with E-state index in [1.54, 1.807) is 0 Å². The van der Waals surface area contributed by atoms with Gasteiger partial charge in [-0.15, -0.1) is 0 Å². The highest BCUT2D eigenvalue weighted by molar-refractivity contribution is 9.10. The van der Waals surface area contributed by atoms with Crippen molar-refractivity contribution in [3.63, 3.8) is 0 Å². The monoisotopic (exact) mass is 339 g/mol. The third-order valence-corrected chi connectivity index (χ3v) is 4.25. The summed E-state index contributed by atoms with van der Waals surface area (Å²) in [6.07, 6.45) is 3.38. The molecule has 0 unspecified atom stereocenters. The Morgan fingerprint density at radius 3 is 2.95 bits per heavy atom. The average Bonchev–Trinajstić information content (AvgIpc) is 3.03. The minimum Gasteiger partial charge on any atom is -0.493 e. The van der Waals surface area contributed by atoms with Gasteiger partial charge in [-0.3, -0.25) is 9.69 Å². The number of fused-ring (bicyclic) bond motifs is 1. The van der Waals surface area contributed by atoms with Gasteiger partial charge in [0.25, 0.3) is 0 Å². The van der Waals surface area contributed by atoms with Gasteiger partial charge in [0.1, 0.15) is 5.75 Å². The quantitative estimate of drug-likeness (QED) is 0.865. The summed E-state index contributed by atoms with van der Waals surface area (Å²) in [6.45, 7) is 2.33. The van der Waals surface area contributed by atoms with Crippen LogP contribution in [0.1, 0.15) is 24.0 Å². The third kappa shape index (κ3) is 3.33. The van der Waals surface area contributed by atoms with Crippen molar-refractivity contribution in [2.75, 3.05) is 19.7 Å². The molecule has 0 saturated heterocycles. The van der Waals surface area contributed by atoms with Crippen LogP contribution in [0.4, 0.5) is 0 Å². The maximum Gasteiger partial charge on any atom is 0.317 e. The van der Waals surface area contributed by atoms with Crippen LogP contribution < -0.4 is 4.74 Å². The number of benzene rings is 1. The van der Waals surface area contributed by atoms with Crippen molar-refractivity contribution < 1.29 is 14.6 Å². The Bertz CT molecular complexity index is 528. The van der Waals surface area contributed by atoms with Gasteiger partial charge in [-0.2, -0.15) is 0 Å². The van der Waals surface area contributed by atoms with Crippen LogP contribution >= 0.6 is 15.9 Å². The first-order valence-electron chi connectivity index (χ1n) is 7.00. The summed E-state index contributed by atoms with van der Waals surface area (Å²) in [5.41, 5.74) is 2.31. The molecule has 1 aromatic carbocycles. The average molecular weight is 340 g/mol. The van der Waals surface area contributed by atoms with Crippen LogP contribution in [0.3, 0.4) is 0 Å². The first-order valence-corrected chi connectivity index (χ1v) is 7.79. The van der Waals surface area contributed by atoms with Gasteiger partial charge >= 0.3 is 5.97 Å². The van der Waals surface area contributed by atoms with Gasteiger partial charge in [-0.05, 0) is 36.5 Å². The molecule has 0 amide bonds. The fourth-order valence-corrected chi connectivity index (χ4v) is 3.30. The highest BCUT2D eigenvalue weighted by Gasteiger charge is 2.27. The van der Waals surface area contributed by atoms with Gasteiger partial charge in [-0.25, -0.2) is 0 Å². The summed E-state index contributed by atoms with van der Waals surface area (Å²) in [7, 11) is 0. The second-order valence-electron chi connectivity index (χ2n) is 5.66. The molecule has 0 radical (unpaired) electrons. The van der Waals surface area contributed by atoms with Gasteiger partial charge in [0.05, 0.1) is 13.2 Å². The smallest absolute Gasteiger partial charge is 0.317 e. The Labute approximate surface area is 126 Å². The van der Waals surface area contributed by atoms with E-state index in [-0.39, 0.29) is 6.54 Å². The second-order valence-corrected chi connectivity index (χ2v) is 6.57. The molecule has 0 bridgehead atoms. The van der Waals surface area contributed by atoms with E-state index in [0.29, 0.717) is 12.5 Å². The Kier molecular flexibility index (Phi) is 3.98. The highest BCUT2D eigenvalue weighted by Crippen LogP contribution is 2.35. The largest absolute Gasteiger partial charge is 0.493 e. The fraction of sp³-hybridized carbons (Fsp3) is 0.533. The van der Waals surface area contributed by atoms with Crippen molar-refractivity contribution in [1.29, 1.82) is 0 Å². The molecule has 0 atom stereocenters. The van der Waals surface area contributed by atoms with Crippen LogP contribution in [0.2, 0.25) is 0 Å². The lowest BCUT2D eigenvalue weighted by atomic mass is 10.1. The number of ether oxygens (including phenoxy) is 1. The molecule has 0 aromatic heterocycles. The molecular formula is C15H18BrNO3. The van der Waals surface area contributed by atoms with Crippen LogP contribution in [0, 0.1) is 5.92 Å². The van der Waals surface area contributed by atoms with E-state index in [0.717, 1.165) is 35.4 Å². The summed E-state index contributed by atoms with van der Waals surface area (Å²) >= 11 is 3.53. The Morgan fingerprint density at radius 1 is 1.45 bits per heavy atom. The molecule has 3 rings (SSSR count). The minimum atomic E-state index is -0.766. The van der Waals surface area contributed by atoms with Crippen molar-refractivity contribution in [2.45, 2.75) is 25.8 Å². The topological polar surface area (TPSA) is 49.8 Å². The van der Waals surface area contributed by atoms with Crippen LogP contribution in [0.5, 0.6) is 5.75 Å². The third-order valence-electron chi connectivity index (χ3n) is 3.79. The number of aliphatic carboxylic acids is 1. The molecule has 5 heteroatoms. The first kappa shape index (κ1) is 13.9. The van der Waals surface area contributed by atoms with Crippen LogP contribution in [0.15, 0.2) is 16.6 Å². The molecule has 1 heterocycles. The zero-order valence-electron chi connectivity index (χ0n) is 11.3. The predicted molar refractivity (Wildman–Crippen MR) is 79.0 cm³/mol. The molecule has 1 fully saturated rings. The number of hydrogen-bond donors (Lipinski definition) is 1. The molecule has 20 heavy (non-hydrogen) atoms. The van der Waals surface area contributed by atoms with E-state index < -0.39 is 5.97 Å². The molecular weight excluding hydrogens is 322 g/mol. The molecule has 4 nitrogen and oxygen atoms in total. The van der Waals surface area contributed by atoms with E-state index in [1.165, 1.54) is 18.4 Å². The zero-order valence-corrected chi connectivity index (χ0v) is 12.9. The first-order chi connectivity index (χ1) is 9.61. The second kappa shape index (κ2) is 5.74. The molecule has 1 aromatic rings. The summed E-state index contributed by atoms with van der Waals surface area (Å²) in [5, 5.41) is 9.06. The molecule has 1 N–H and O–H groups in total. The number of nitrogens with zero attached hydrogens (tertiary/aromatic N) is 1. The Hall–Kier alpha value is -1.07. The normalized spacial score (nSPS) is 17.1. The van der Waals surface area contributed by atoms with E-state index in [2.05, 4.69) is 22.0 Å². The van der Waals surface area contributed by atoms with Crippen molar-refractivity contribution in [1.82, 2.24) is 4.90 Å². The Balaban J connectivity index is 1.78. The number of carbonyl (C=O) groups is 1. The number of rotatable bonds is 6. The number of halogens is 1. The van der Waals surface area contributed by atoms with Crippen molar-refractivity contribution in [2.24, 2.45) is 5.92 Å².